The van der Waals surface area contributed by atoms with Gasteiger partial charge in [-0.2, -0.15) is 0 Å². The molecular formula is C16H22N4S. The first-order valence-electron chi connectivity index (χ1n) is 7.44. The zero-order valence-electron chi connectivity index (χ0n) is 12.7. The predicted molar refractivity (Wildman–Crippen MR) is 90.5 cm³/mol. The summed E-state index contributed by atoms with van der Waals surface area (Å²) in [5.41, 5.74) is 2.48. The Bertz CT molecular complexity index is 573. The molecule has 2 aromatic rings. The minimum absolute atomic E-state index is 0.910. The number of nitrogens with zero attached hydrogens (tertiary/aromatic N) is 3. The molecule has 21 heavy (non-hydrogen) atoms. The number of aromatic nitrogens is 1. The van der Waals surface area contributed by atoms with Crippen molar-refractivity contribution in [1.29, 1.82) is 0 Å². The Morgan fingerprint density at radius 3 is 2.43 bits per heavy atom. The molecule has 112 valence electrons. The maximum Gasteiger partial charge on any atom is 0.185 e. The van der Waals surface area contributed by atoms with E-state index in [9.17, 15) is 0 Å². The Balaban J connectivity index is 1.64. The van der Waals surface area contributed by atoms with E-state index in [0.29, 0.717) is 0 Å². The molecule has 0 saturated carbocycles. The van der Waals surface area contributed by atoms with Crippen molar-refractivity contribution in [3.63, 3.8) is 0 Å². The summed E-state index contributed by atoms with van der Waals surface area (Å²) in [7, 11) is 1.98. The summed E-state index contributed by atoms with van der Waals surface area (Å²) >= 11 is 1.82. The Morgan fingerprint density at radius 1 is 1.10 bits per heavy atom. The second kappa shape index (κ2) is 6.45. The molecule has 0 atom stereocenters. The lowest BCUT2D eigenvalue weighted by molar-refractivity contribution is 0.651. The summed E-state index contributed by atoms with van der Waals surface area (Å²) < 4.78 is 0. The number of anilines is 2. The summed E-state index contributed by atoms with van der Waals surface area (Å²) in [5.74, 6) is 0. The van der Waals surface area contributed by atoms with E-state index in [-0.39, 0.29) is 0 Å². The van der Waals surface area contributed by atoms with Gasteiger partial charge in [0.25, 0.3) is 0 Å². The van der Waals surface area contributed by atoms with Crippen LogP contribution in [0.25, 0.3) is 0 Å². The number of hydrogen-bond acceptors (Lipinski definition) is 5. The summed E-state index contributed by atoms with van der Waals surface area (Å²) in [4.78, 5) is 10.9. The summed E-state index contributed by atoms with van der Waals surface area (Å²) in [6.07, 6.45) is 0. The van der Waals surface area contributed by atoms with Crippen molar-refractivity contribution < 1.29 is 0 Å². The van der Waals surface area contributed by atoms with Gasteiger partial charge in [-0.25, -0.2) is 4.98 Å². The zero-order chi connectivity index (χ0) is 14.7. The summed E-state index contributed by atoms with van der Waals surface area (Å²) in [6.45, 7) is 7.22. The predicted octanol–water partition coefficient (Wildman–Crippen LogP) is 2.50. The first-order chi connectivity index (χ1) is 10.3. The van der Waals surface area contributed by atoms with E-state index in [2.05, 4.69) is 52.4 Å². The quantitative estimate of drug-likeness (QED) is 0.940. The highest BCUT2D eigenvalue weighted by Gasteiger charge is 2.20. The van der Waals surface area contributed by atoms with Crippen LogP contribution >= 0.6 is 11.3 Å². The highest BCUT2D eigenvalue weighted by Crippen LogP contribution is 2.27. The molecule has 1 aliphatic heterocycles. The van der Waals surface area contributed by atoms with Gasteiger partial charge in [-0.3, -0.25) is 0 Å². The van der Waals surface area contributed by atoms with Gasteiger partial charge < -0.3 is 15.1 Å². The number of benzene rings is 1. The molecule has 1 aromatic heterocycles. The van der Waals surface area contributed by atoms with Gasteiger partial charge in [0.15, 0.2) is 5.13 Å². The molecule has 0 bridgehead atoms. The maximum absolute atomic E-state index is 4.74. The van der Waals surface area contributed by atoms with Gasteiger partial charge in [0, 0.05) is 43.3 Å². The average molecular weight is 302 g/mol. The molecule has 0 radical (unpaired) electrons. The van der Waals surface area contributed by atoms with Gasteiger partial charge in [-0.15, -0.1) is 11.3 Å². The monoisotopic (exact) mass is 302 g/mol. The normalized spacial score (nSPS) is 15.5. The van der Waals surface area contributed by atoms with Gasteiger partial charge in [0.05, 0.1) is 5.69 Å². The number of nitrogens with one attached hydrogen (secondary N) is 1. The fraction of sp³-hybridized carbons (Fsp3) is 0.438. The molecule has 1 aromatic carbocycles. The largest absolute Gasteiger partial charge is 0.368 e. The van der Waals surface area contributed by atoms with Crippen LogP contribution in [0.2, 0.25) is 0 Å². The molecule has 0 unspecified atom stereocenters. The van der Waals surface area contributed by atoms with E-state index >= 15 is 0 Å². The van der Waals surface area contributed by atoms with Gasteiger partial charge in [-0.1, -0.05) is 18.2 Å². The van der Waals surface area contributed by atoms with Crippen molar-refractivity contribution in [2.24, 2.45) is 0 Å². The molecule has 0 amide bonds. The molecule has 2 heterocycles. The highest BCUT2D eigenvalue weighted by molar-refractivity contribution is 7.15. The average Bonchev–Trinajstić information content (AvgIpc) is 2.90. The van der Waals surface area contributed by atoms with Crippen molar-refractivity contribution in [2.75, 3.05) is 43.0 Å². The molecule has 1 fully saturated rings. The first kappa shape index (κ1) is 14.4. The Hall–Kier alpha value is -1.59. The van der Waals surface area contributed by atoms with Crippen LogP contribution in [0.4, 0.5) is 10.8 Å². The third-order valence-corrected chi connectivity index (χ3v) is 5.11. The van der Waals surface area contributed by atoms with E-state index in [1.54, 1.807) is 0 Å². The maximum atomic E-state index is 4.74. The second-order valence-electron chi connectivity index (χ2n) is 5.35. The van der Waals surface area contributed by atoms with E-state index in [0.717, 1.165) is 38.4 Å². The fourth-order valence-corrected chi connectivity index (χ4v) is 3.79. The number of hydrogen-bond donors (Lipinski definition) is 1. The van der Waals surface area contributed by atoms with Crippen LogP contribution in [0.5, 0.6) is 0 Å². The SMILES string of the molecule is CNCc1sc(N2CCN(c3ccccc3)CC2)nc1C. The molecular weight excluding hydrogens is 280 g/mol. The second-order valence-corrected chi connectivity index (χ2v) is 6.41. The smallest absolute Gasteiger partial charge is 0.185 e. The van der Waals surface area contributed by atoms with E-state index in [1.165, 1.54) is 15.7 Å². The van der Waals surface area contributed by atoms with E-state index in [1.807, 2.05) is 18.4 Å². The summed E-state index contributed by atoms with van der Waals surface area (Å²) in [6, 6.07) is 10.7. The Labute approximate surface area is 130 Å². The third-order valence-electron chi connectivity index (χ3n) is 3.89. The van der Waals surface area contributed by atoms with Crippen LogP contribution in [0, 0.1) is 6.92 Å². The molecule has 1 N–H and O–H groups in total. The van der Waals surface area contributed by atoms with Crippen LogP contribution in [-0.2, 0) is 6.54 Å². The summed E-state index contributed by atoms with van der Waals surface area (Å²) in [5, 5.41) is 4.39. The lowest BCUT2D eigenvalue weighted by atomic mass is 10.2. The van der Waals surface area contributed by atoms with Gasteiger partial charge in [0.2, 0.25) is 0 Å². The van der Waals surface area contributed by atoms with Crippen LogP contribution < -0.4 is 15.1 Å². The van der Waals surface area contributed by atoms with Crippen molar-refractivity contribution in [1.82, 2.24) is 10.3 Å². The van der Waals surface area contributed by atoms with Gasteiger partial charge in [0.1, 0.15) is 0 Å². The van der Waals surface area contributed by atoms with Crippen molar-refractivity contribution in [2.45, 2.75) is 13.5 Å². The lowest BCUT2D eigenvalue weighted by Crippen LogP contribution is -2.46. The Morgan fingerprint density at radius 2 is 1.76 bits per heavy atom. The molecule has 4 nitrogen and oxygen atoms in total. The molecule has 5 heteroatoms. The molecule has 1 aliphatic rings. The zero-order valence-corrected chi connectivity index (χ0v) is 13.5. The third kappa shape index (κ3) is 3.19. The molecule has 0 aliphatic carbocycles. The van der Waals surface area contributed by atoms with Gasteiger partial charge >= 0.3 is 0 Å². The van der Waals surface area contributed by atoms with Crippen LogP contribution in [0.1, 0.15) is 10.6 Å². The minimum atomic E-state index is 0.910. The minimum Gasteiger partial charge on any atom is -0.368 e. The van der Waals surface area contributed by atoms with Crippen molar-refractivity contribution in [3.8, 4) is 0 Å². The standard InChI is InChI=1S/C16H22N4S/c1-13-15(12-17-2)21-16(18-13)20-10-8-19(9-11-20)14-6-4-3-5-7-14/h3-7,17H,8-12H2,1-2H3. The first-order valence-corrected chi connectivity index (χ1v) is 8.25. The van der Waals surface area contributed by atoms with Crippen molar-refractivity contribution in [3.05, 3.63) is 40.9 Å². The number of piperazine rings is 1. The molecule has 3 rings (SSSR count). The highest BCUT2D eigenvalue weighted by atomic mass is 32.1. The number of thiazole rings is 1. The molecule has 1 saturated heterocycles. The Kier molecular flexibility index (Phi) is 4.41. The van der Waals surface area contributed by atoms with E-state index in [4.69, 9.17) is 4.98 Å². The number of rotatable bonds is 4. The lowest BCUT2D eigenvalue weighted by Gasteiger charge is -2.36. The van der Waals surface area contributed by atoms with Crippen LogP contribution in [0.15, 0.2) is 30.3 Å². The van der Waals surface area contributed by atoms with Crippen LogP contribution in [-0.4, -0.2) is 38.2 Å². The van der Waals surface area contributed by atoms with Gasteiger partial charge in [-0.05, 0) is 26.1 Å². The number of para-hydroxylation sites is 1. The van der Waals surface area contributed by atoms with E-state index < -0.39 is 0 Å². The number of aryl methyl sites for hydroxylation is 1. The topological polar surface area (TPSA) is 31.4 Å². The molecule has 0 spiro atoms. The van der Waals surface area contributed by atoms with Crippen LogP contribution in [0.3, 0.4) is 0 Å². The fourth-order valence-electron chi connectivity index (χ4n) is 2.67. The van der Waals surface area contributed by atoms with Crippen molar-refractivity contribution >= 4 is 22.2 Å².